The number of imidazole rings is 1. The first kappa shape index (κ1) is 29.9. The van der Waals surface area contributed by atoms with Crippen molar-refractivity contribution < 1.29 is 32.9 Å². The molecule has 3 aliphatic heterocycles. The SMILES string of the molecule is COc1ccc2cc1Oc1cc(F)cc(c1)CNC(=O)C1(CCN(Cc3cnc[nH]3)CC1)Oc1ccc(cc1)OCCNC2=O. The second-order valence-electron chi connectivity index (χ2n) is 11.0. The van der Waals surface area contributed by atoms with Gasteiger partial charge >= 0.3 is 0 Å². The monoisotopic (exact) mass is 615 g/mol. The number of halogens is 1. The van der Waals surface area contributed by atoms with E-state index in [0.717, 1.165) is 5.69 Å². The first-order valence-corrected chi connectivity index (χ1v) is 14.7. The van der Waals surface area contributed by atoms with Gasteiger partial charge in [0.1, 0.15) is 29.7 Å². The molecule has 0 unspecified atom stereocenters. The number of hydrogen-bond donors (Lipinski definition) is 3. The Balaban J connectivity index is 1.28. The van der Waals surface area contributed by atoms with E-state index in [1.54, 1.807) is 55.0 Å². The zero-order valence-electron chi connectivity index (χ0n) is 24.8. The maximum absolute atomic E-state index is 14.8. The smallest absolute Gasteiger partial charge is 0.264 e. The van der Waals surface area contributed by atoms with Gasteiger partial charge < -0.3 is 34.6 Å². The molecule has 45 heavy (non-hydrogen) atoms. The number of piperidine rings is 1. The molecule has 7 rings (SSSR count). The van der Waals surface area contributed by atoms with E-state index in [4.69, 9.17) is 18.9 Å². The Hall–Kier alpha value is -5.10. The summed E-state index contributed by atoms with van der Waals surface area (Å²) in [5.74, 6) is 0.749. The largest absolute Gasteiger partial charge is 0.493 e. The Morgan fingerprint density at radius 3 is 2.53 bits per heavy atom. The van der Waals surface area contributed by atoms with Crippen molar-refractivity contribution in [3.8, 4) is 28.7 Å². The third-order valence-electron chi connectivity index (χ3n) is 7.86. The van der Waals surface area contributed by atoms with Gasteiger partial charge in [0.2, 0.25) is 0 Å². The molecule has 1 aromatic heterocycles. The Kier molecular flexibility index (Phi) is 8.83. The predicted molar refractivity (Wildman–Crippen MR) is 162 cm³/mol. The van der Waals surface area contributed by atoms with Crippen molar-refractivity contribution >= 4 is 11.8 Å². The van der Waals surface area contributed by atoms with Crippen LogP contribution in [0.1, 0.15) is 34.5 Å². The summed E-state index contributed by atoms with van der Waals surface area (Å²) in [6.07, 6.45) is 4.32. The molecule has 2 amide bonds. The van der Waals surface area contributed by atoms with Crippen molar-refractivity contribution in [2.75, 3.05) is 33.4 Å². The maximum Gasteiger partial charge on any atom is 0.264 e. The third kappa shape index (κ3) is 7.18. The van der Waals surface area contributed by atoms with E-state index in [0.29, 0.717) is 60.9 Å². The van der Waals surface area contributed by atoms with Crippen LogP contribution in [0.5, 0.6) is 28.7 Å². The van der Waals surface area contributed by atoms with Crippen LogP contribution in [-0.4, -0.2) is 65.6 Å². The Bertz CT molecular complexity index is 1640. The number of nitrogens with zero attached hydrogens (tertiary/aromatic N) is 2. The van der Waals surface area contributed by atoms with Gasteiger partial charge in [-0.1, -0.05) is 0 Å². The number of carbonyl (C=O) groups is 2. The number of aromatic nitrogens is 2. The number of amides is 2. The Labute approximate surface area is 259 Å². The van der Waals surface area contributed by atoms with Crippen LogP contribution in [-0.2, 0) is 17.9 Å². The van der Waals surface area contributed by atoms with Crippen molar-refractivity contribution in [1.29, 1.82) is 0 Å². The molecule has 6 bridgehead atoms. The number of aromatic amines is 1. The standard InChI is InChI=1S/C33H34FN5O6/c1-42-29-7-2-23-16-30(29)44-28-15-22(14-24(34)17-28)18-37-32(41)33(8-11-39(12-9-33)20-25-19-35-21-38-25)45-27-5-3-26(4-6-27)43-13-10-36-31(23)40/h2-7,14-17,19,21H,8-13,18,20H2,1H3,(H,35,38)(H,36,40)(H,37,41). The topological polar surface area (TPSA) is 127 Å². The molecule has 234 valence electrons. The van der Waals surface area contributed by atoms with E-state index in [9.17, 15) is 14.0 Å². The number of fused-ring (bicyclic) bond motifs is 8. The summed E-state index contributed by atoms with van der Waals surface area (Å²) in [6.45, 7) is 2.46. The fraction of sp³-hybridized carbons (Fsp3) is 0.303. The molecule has 4 aromatic rings. The van der Waals surface area contributed by atoms with Crippen molar-refractivity contribution in [2.24, 2.45) is 0 Å². The number of rotatable bonds is 3. The van der Waals surface area contributed by atoms with Gasteiger partial charge in [-0.3, -0.25) is 14.5 Å². The number of benzene rings is 3. The number of carbonyl (C=O) groups excluding carboxylic acids is 2. The normalized spacial score (nSPS) is 17.2. The highest BCUT2D eigenvalue weighted by atomic mass is 19.1. The number of methoxy groups -OCH3 is 1. The van der Waals surface area contributed by atoms with Crippen LogP contribution in [0.25, 0.3) is 0 Å². The maximum atomic E-state index is 14.8. The van der Waals surface area contributed by atoms with Crippen LogP contribution in [0.15, 0.2) is 73.2 Å². The minimum atomic E-state index is -1.14. The van der Waals surface area contributed by atoms with E-state index < -0.39 is 11.4 Å². The Morgan fingerprint density at radius 2 is 1.78 bits per heavy atom. The molecule has 3 aliphatic rings. The molecule has 3 N–H and O–H groups in total. The summed E-state index contributed by atoms with van der Waals surface area (Å²) in [7, 11) is 1.48. The van der Waals surface area contributed by atoms with Crippen molar-refractivity contribution in [3.63, 3.8) is 0 Å². The lowest BCUT2D eigenvalue weighted by atomic mass is 9.89. The molecule has 11 nitrogen and oxygen atoms in total. The van der Waals surface area contributed by atoms with Crippen molar-refractivity contribution in [1.82, 2.24) is 25.5 Å². The third-order valence-corrected chi connectivity index (χ3v) is 7.86. The summed E-state index contributed by atoms with van der Waals surface area (Å²) in [5, 5.41) is 5.80. The number of H-pyrrole nitrogens is 1. The Morgan fingerprint density at radius 1 is 0.978 bits per heavy atom. The first-order valence-electron chi connectivity index (χ1n) is 14.7. The van der Waals surface area contributed by atoms with Crippen molar-refractivity contribution in [2.45, 2.75) is 31.5 Å². The van der Waals surface area contributed by atoms with Gasteiger partial charge in [0.05, 0.1) is 20.0 Å². The van der Waals surface area contributed by atoms with Crippen LogP contribution < -0.4 is 29.6 Å². The molecule has 0 saturated carbocycles. The van der Waals surface area contributed by atoms with E-state index in [2.05, 4.69) is 25.5 Å². The molecular formula is C33H34FN5O6. The van der Waals surface area contributed by atoms with Gasteiger partial charge in [-0.25, -0.2) is 9.37 Å². The average Bonchev–Trinajstić information content (AvgIpc) is 3.56. The fourth-order valence-electron chi connectivity index (χ4n) is 5.47. The van der Waals surface area contributed by atoms with Crippen LogP contribution in [0.2, 0.25) is 0 Å². The molecule has 1 spiro atoms. The number of ether oxygens (including phenoxy) is 4. The lowest BCUT2D eigenvalue weighted by Crippen LogP contribution is -2.57. The van der Waals surface area contributed by atoms with Gasteiger partial charge in [0.25, 0.3) is 11.8 Å². The summed E-state index contributed by atoms with van der Waals surface area (Å²) >= 11 is 0. The number of hydrogen-bond acceptors (Lipinski definition) is 8. The zero-order valence-corrected chi connectivity index (χ0v) is 24.8. The molecule has 1 fully saturated rings. The first-order chi connectivity index (χ1) is 21.9. The lowest BCUT2D eigenvalue weighted by Gasteiger charge is -2.40. The summed E-state index contributed by atoms with van der Waals surface area (Å²) in [4.78, 5) is 36.2. The fourth-order valence-corrected chi connectivity index (χ4v) is 5.47. The molecule has 3 aromatic carbocycles. The van der Waals surface area contributed by atoms with Crippen LogP contribution in [0, 0.1) is 5.82 Å². The van der Waals surface area contributed by atoms with E-state index >= 15 is 0 Å². The van der Waals surface area contributed by atoms with Gasteiger partial charge in [-0.15, -0.1) is 0 Å². The van der Waals surface area contributed by atoms with E-state index in [-0.39, 0.29) is 43.0 Å². The minimum Gasteiger partial charge on any atom is -0.493 e. The van der Waals surface area contributed by atoms with Gasteiger partial charge in [0.15, 0.2) is 17.1 Å². The molecule has 0 aliphatic carbocycles. The van der Waals surface area contributed by atoms with E-state index in [1.807, 2.05) is 0 Å². The molecule has 0 radical (unpaired) electrons. The second kappa shape index (κ2) is 13.3. The lowest BCUT2D eigenvalue weighted by molar-refractivity contribution is -0.141. The average molecular weight is 616 g/mol. The van der Waals surface area contributed by atoms with Gasteiger partial charge in [-0.05, 0) is 60.2 Å². The van der Waals surface area contributed by atoms with Gasteiger partial charge in [0, 0.05) is 62.5 Å². The summed E-state index contributed by atoms with van der Waals surface area (Å²) in [6, 6.07) is 16.0. The highest BCUT2D eigenvalue weighted by molar-refractivity contribution is 5.95. The summed E-state index contributed by atoms with van der Waals surface area (Å²) < 4.78 is 38.4. The molecular weight excluding hydrogens is 581 g/mol. The van der Waals surface area contributed by atoms with E-state index in [1.165, 1.54) is 25.3 Å². The number of likely N-dealkylation sites (tertiary alicyclic amines) is 1. The molecule has 1 saturated heterocycles. The van der Waals surface area contributed by atoms with Crippen LogP contribution >= 0.6 is 0 Å². The van der Waals surface area contributed by atoms with Crippen molar-refractivity contribution in [3.05, 3.63) is 95.8 Å². The van der Waals surface area contributed by atoms with Gasteiger partial charge in [-0.2, -0.15) is 0 Å². The highest BCUT2D eigenvalue weighted by Gasteiger charge is 2.44. The highest BCUT2D eigenvalue weighted by Crippen LogP contribution is 2.34. The quantitative estimate of drug-likeness (QED) is 0.313. The minimum absolute atomic E-state index is 0.0439. The predicted octanol–water partition coefficient (Wildman–Crippen LogP) is 4.20. The molecule has 4 heterocycles. The number of nitrogens with one attached hydrogen (secondary N) is 3. The summed E-state index contributed by atoms with van der Waals surface area (Å²) in [5.41, 5.74) is 0.677. The van der Waals surface area contributed by atoms with Crippen LogP contribution in [0.4, 0.5) is 4.39 Å². The molecule has 12 heteroatoms. The zero-order chi connectivity index (χ0) is 31.2. The van der Waals surface area contributed by atoms with Crippen LogP contribution in [0.3, 0.4) is 0 Å². The molecule has 0 atom stereocenters. The second-order valence-corrected chi connectivity index (χ2v) is 11.0.